The molecule has 0 atom stereocenters. The van der Waals surface area contributed by atoms with Crippen molar-refractivity contribution in [2.75, 3.05) is 0 Å². The van der Waals surface area contributed by atoms with E-state index in [9.17, 15) is 5.11 Å². The quantitative estimate of drug-likeness (QED) is 0.667. The molecule has 0 saturated carbocycles. The van der Waals surface area contributed by atoms with Crippen LogP contribution < -0.4 is 11.5 Å². The normalized spacial score (nSPS) is 14.2. The molecular weight excluding hydrogens is 200 g/mol. The summed E-state index contributed by atoms with van der Waals surface area (Å²) in [5, 5.41) is 9.73. The fraction of sp³-hybridized carbons (Fsp3) is 0.231. The van der Waals surface area contributed by atoms with E-state index in [1.165, 1.54) is 0 Å². The third kappa shape index (κ3) is 2.37. The van der Waals surface area contributed by atoms with E-state index in [0.717, 1.165) is 16.7 Å². The Morgan fingerprint density at radius 3 is 2.12 bits per heavy atom. The van der Waals surface area contributed by atoms with Gasteiger partial charge in [0.15, 0.2) is 0 Å². The van der Waals surface area contributed by atoms with Gasteiger partial charge in [-0.05, 0) is 38.0 Å². The summed E-state index contributed by atoms with van der Waals surface area (Å²) in [5.41, 5.74) is 15.3. The minimum atomic E-state index is 0.252. The molecule has 3 heteroatoms. The van der Waals surface area contributed by atoms with Crippen LogP contribution in [0.2, 0.25) is 0 Å². The summed E-state index contributed by atoms with van der Waals surface area (Å²) >= 11 is 0. The average Bonchev–Trinajstić information content (AvgIpc) is 2.26. The number of aromatic hydroxyl groups is 1. The minimum absolute atomic E-state index is 0.252. The zero-order chi connectivity index (χ0) is 12.3. The highest BCUT2D eigenvalue weighted by Crippen LogP contribution is 2.28. The van der Waals surface area contributed by atoms with Gasteiger partial charge in [-0.1, -0.05) is 18.2 Å². The van der Waals surface area contributed by atoms with E-state index in [2.05, 4.69) is 0 Å². The maximum atomic E-state index is 9.73. The number of benzene rings is 1. The van der Waals surface area contributed by atoms with Crippen LogP contribution in [-0.2, 0) is 0 Å². The summed E-state index contributed by atoms with van der Waals surface area (Å²) in [7, 11) is 0. The van der Waals surface area contributed by atoms with Crippen molar-refractivity contribution < 1.29 is 5.11 Å². The van der Waals surface area contributed by atoms with Crippen LogP contribution in [0.3, 0.4) is 0 Å². The van der Waals surface area contributed by atoms with Crippen LogP contribution in [0.15, 0.2) is 41.2 Å². The molecular formula is C13H18N2O. The summed E-state index contributed by atoms with van der Waals surface area (Å²) in [6, 6.07) is 7.17. The van der Waals surface area contributed by atoms with Gasteiger partial charge in [-0.15, -0.1) is 0 Å². The number of phenols is 1. The van der Waals surface area contributed by atoms with E-state index in [0.29, 0.717) is 11.4 Å². The Morgan fingerprint density at radius 1 is 1.06 bits per heavy atom. The summed E-state index contributed by atoms with van der Waals surface area (Å²) in [4.78, 5) is 0. The van der Waals surface area contributed by atoms with Crippen molar-refractivity contribution in [1.29, 1.82) is 0 Å². The van der Waals surface area contributed by atoms with Crippen LogP contribution in [0.1, 0.15) is 26.3 Å². The fourth-order valence-electron chi connectivity index (χ4n) is 1.49. The largest absolute Gasteiger partial charge is 0.507 e. The summed E-state index contributed by atoms with van der Waals surface area (Å²) < 4.78 is 0. The molecule has 3 nitrogen and oxygen atoms in total. The molecule has 0 amide bonds. The highest BCUT2D eigenvalue weighted by molar-refractivity contribution is 5.73. The van der Waals surface area contributed by atoms with Crippen molar-refractivity contribution in [3.05, 3.63) is 46.8 Å². The van der Waals surface area contributed by atoms with Gasteiger partial charge < -0.3 is 16.6 Å². The standard InChI is InChI=1S/C13H18N2O/c1-8(9(2)13(15)10(3)14)11-6-4-5-7-12(11)16/h4-7,16H,14-15H2,1-3H3/b9-8+,13-10+. The minimum Gasteiger partial charge on any atom is -0.507 e. The third-order valence-electron chi connectivity index (χ3n) is 2.70. The van der Waals surface area contributed by atoms with Gasteiger partial charge in [-0.2, -0.15) is 0 Å². The van der Waals surface area contributed by atoms with Crippen molar-refractivity contribution >= 4 is 5.57 Å². The summed E-state index contributed by atoms with van der Waals surface area (Å²) in [6.07, 6.45) is 0. The van der Waals surface area contributed by atoms with Gasteiger partial charge in [0.1, 0.15) is 5.75 Å². The van der Waals surface area contributed by atoms with Crippen molar-refractivity contribution in [1.82, 2.24) is 0 Å². The molecule has 0 radical (unpaired) electrons. The predicted molar refractivity (Wildman–Crippen MR) is 67.4 cm³/mol. The molecule has 0 aliphatic rings. The van der Waals surface area contributed by atoms with Crippen LogP contribution in [0.4, 0.5) is 0 Å². The molecule has 5 N–H and O–H groups in total. The molecule has 0 bridgehead atoms. The first-order chi connectivity index (χ1) is 7.45. The van der Waals surface area contributed by atoms with Crippen LogP contribution >= 0.6 is 0 Å². The predicted octanol–water partition coefficient (Wildman–Crippen LogP) is 2.33. The van der Waals surface area contributed by atoms with Crippen molar-refractivity contribution in [2.24, 2.45) is 11.5 Å². The number of hydrogen-bond donors (Lipinski definition) is 3. The second-order valence-corrected chi connectivity index (χ2v) is 3.86. The van der Waals surface area contributed by atoms with Gasteiger partial charge in [0.2, 0.25) is 0 Å². The number of phenolic OH excluding ortho intramolecular Hbond substituents is 1. The molecule has 0 spiro atoms. The topological polar surface area (TPSA) is 72.3 Å². The number of hydrogen-bond acceptors (Lipinski definition) is 3. The number of para-hydroxylation sites is 1. The SMILES string of the molecule is C/C(N)=C(N)/C(C)=C(\C)c1ccccc1O. The van der Waals surface area contributed by atoms with E-state index in [-0.39, 0.29) is 5.75 Å². The molecule has 0 aliphatic heterocycles. The lowest BCUT2D eigenvalue weighted by molar-refractivity contribution is 0.473. The van der Waals surface area contributed by atoms with Crippen LogP contribution in [-0.4, -0.2) is 5.11 Å². The molecule has 0 aromatic heterocycles. The molecule has 0 unspecified atom stereocenters. The van der Waals surface area contributed by atoms with Crippen molar-refractivity contribution in [2.45, 2.75) is 20.8 Å². The van der Waals surface area contributed by atoms with Gasteiger partial charge in [0, 0.05) is 11.3 Å². The van der Waals surface area contributed by atoms with Crippen LogP contribution in [0, 0.1) is 0 Å². The van der Waals surface area contributed by atoms with E-state index in [1.54, 1.807) is 19.1 Å². The number of allylic oxidation sites excluding steroid dienone is 3. The average molecular weight is 218 g/mol. The molecule has 86 valence electrons. The summed E-state index contributed by atoms with van der Waals surface area (Å²) in [6.45, 7) is 5.57. The Morgan fingerprint density at radius 2 is 1.62 bits per heavy atom. The second kappa shape index (κ2) is 4.75. The first-order valence-electron chi connectivity index (χ1n) is 5.13. The smallest absolute Gasteiger partial charge is 0.123 e. The van der Waals surface area contributed by atoms with Crippen LogP contribution in [0.25, 0.3) is 5.57 Å². The maximum absolute atomic E-state index is 9.73. The monoisotopic (exact) mass is 218 g/mol. The zero-order valence-corrected chi connectivity index (χ0v) is 9.91. The summed E-state index contributed by atoms with van der Waals surface area (Å²) in [5.74, 6) is 0.252. The Balaban J connectivity index is 3.30. The molecule has 1 aromatic rings. The van der Waals surface area contributed by atoms with Crippen molar-refractivity contribution in [3.63, 3.8) is 0 Å². The molecule has 0 fully saturated rings. The van der Waals surface area contributed by atoms with E-state index >= 15 is 0 Å². The fourth-order valence-corrected chi connectivity index (χ4v) is 1.49. The van der Waals surface area contributed by atoms with E-state index < -0.39 is 0 Å². The van der Waals surface area contributed by atoms with Gasteiger partial charge in [0.25, 0.3) is 0 Å². The third-order valence-corrected chi connectivity index (χ3v) is 2.70. The van der Waals surface area contributed by atoms with E-state index in [1.807, 2.05) is 26.0 Å². The number of nitrogens with two attached hydrogens (primary N) is 2. The van der Waals surface area contributed by atoms with Gasteiger partial charge in [0.05, 0.1) is 5.70 Å². The van der Waals surface area contributed by atoms with Gasteiger partial charge >= 0.3 is 0 Å². The van der Waals surface area contributed by atoms with Gasteiger partial charge in [-0.25, -0.2) is 0 Å². The molecule has 0 aliphatic carbocycles. The second-order valence-electron chi connectivity index (χ2n) is 3.86. The van der Waals surface area contributed by atoms with Gasteiger partial charge in [-0.3, -0.25) is 0 Å². The molecule has 1 rings (SSSR count). The lowest BCUT2D eigenvalue weighted by Gasteiger charge is -2.11. The molecule has 0 saturated heterocycles. The molecule has 1 aromatic carbocycles. The molecule has 0 heterocycles. The highest BCUT2D eigenvalue weighted by atomic mass is 16.3. The van der Waals surface area contributed by atoms with Crippen LogP contribution in [0.5, 0.6) is 5.75 Å². The first-order valence-corrected chi connectivity index (χ1v) is 5.13. The Hall–Kier alpha value is -1.90. The zero-order valence-electron chi connectivity index (χ0n) is 9.91. The Labute approximate surface area is 96.1 Å². The maximum Gasteiger partial charge on any atom is 0.123 e. The number of rotatable bonds is 2. The highest BCUT2D eigenvalue weighted by Gasteiger charge is 2.07. The first kappa shape index (κ1) is 12.2. The van der Waals surface area contributed by atoms with Crippen molar-refractivity contribution in [3.8, 4) is 5.75 Å². The molecule has 16 heavy (non-hydrogen) atoms. The Bertz CT molecular complexity index is 455. The van der Waals surface area contributed by atoms with E-state index in [4.69, 9.17) is 11.5 Å². The Kier molecular flexibility index (Phi) is 3.61. The lowest BCUT2D eigenvalue weighted by Crippen LogP contribution is -2.09. The lowest BCUT2D eigenvalue weighted by atomic mass is 9.99.